The van der Waals surface area contributed by atoms with E-state index in [1.54, 1.807) is 0 Å². The van der Waals surface area contributed by atoms with Gasteiger partial charge >= 0.3 is 0 Å². The van der Waals surface area contributed by atoms with Crippen LogP contribution in [0.15, 0.2) is 30.3 Å². The van der Waals surface area contributed by atoms with Gasteiger partial charge in [0.1, 0.15) is 5.78 Å². The van der Waals surface area contributed by atoms with Crippen molar-refractivity contribution in [2.75, 3.05) is 0 Å². The number of Topliss-reactive ketones (excluding diaryl/α,β-unsaturated/α-hetero) is 1. The van der Waals surface area contributed by atoms with E-state index in [-0.39, 0.29) is 5.78 Å². The van der Waals surface area contributed by atoms with Crippen LogP contribution in [-0.4, -0.2) is 11.5 Å². The lowest BCUT2D eigenvalue weighted by Gasteiger charge is -2.03. The van der Waals surface area contributed by atoms with E-state index in [9.17, 15) is 4.79 Å². The van der Waals surface area contributed by atoms with Crippen LogP contribution < -0.4 is 0 Å². The van der Waals surface area contributed by atoms with Gasteiger partial charge in [-0.1, -0.05) is 37.3 Å². The minimum Gasteiger partial charge on any atom is -0.309 e. The molecule has 0 aliphatic heterocycles. The van der Waals surface area contributed by atoms with E-state index < -0.39 is 0 Å². The number of benzene rings is 1. The summed E-state index contributed by atoms with van der Waals surface area (Å²) in [6.07, 6.45) is 2.36. The van der Waals surface area contributed by atoms with Crippen molar-refractivity contribution < 1.29 is 4.79 Å². The number of nitrogens with one attached hydrogen (secondary N) is 1. The average Bonchev–Trinajstić information content (AvgIpc) is 2.27. The number of carbonyl (C=O) groups excluding carboxylic acids is 1. The molecule has 0 aliphatic rings. The fourth-order valence-corrected chi connectivity index (χ4v) is 1.40. The van der Waals surface area contributed by atoms with Gasteiger partial charge in [-0.25, -0.2) is 0 Å². The van der Waals surface area contributed by atoms with E-state index in [1.165, 1.54) is 0 Å². The van der Waals surface area contributed by atoms with Crippen molar-refractivity contribution in [3.05, 3.63) is 35.9 Å². The average molecular weight is 203 g/mol. The van der Waals surface area contributed by atoms with Crippen molar-refractivity contribution in [2.24, 2.45) is 0 Å². The van der Waals surface area contributed by atoms with Crippen LogP contribution in [0.25, 0.3) is 0 Å². The monoisotopic (exact) mass is 203 g/mol. The third kappa shape index (κ3) is 4.54. The van der Waals surface area contributed by atoms with E-state index >= 15 is 0 Å². The first-order chi connectivity index (χ1) is 7.22. The van der Waals surface area contributed by atoms with Gasteiger partial charge in [0.2, 0.25) is 0 Å². The smallest absolute Gasteiger partial charge is 0.133 e. The van der Waals surface area contributed by atoms with Gasteiger partial charge in [-0.3, -0.25) is 4.79 Å². The lowest BCUT2D eigenvalue weighted by Crippen LogP contribution is -2.05. The summed E-state index contributed by atoms with van der Waals surface area (Å²) in [7, 11) is 0. The van der Waals surface area contributed by atoms with Gasteiger partial charge in [-0.2, -0.15) is 0 Å². The van der Waals surface area contributed by atoms with Crippen molar-refractivity contribution in [2.45, 2.75) is 32.6 Å². The molecular formula is C13H17NO. The van der Waals surface area contributed by atoms with Gasteiger partial charge in [0.05, 0.1) is 0 Å². The Morgan fingerprint density at radius 2 is 1.87 bits per heavy atom. The highest BCUT2D eigenvalue weighted by molar-refractivity contribution is 5.88. The van der Waals surface area contributed by atoms with Gasteiger partial charge in [0.15, 0.2) is 0 Å². The van der Waals surface area contributed by atoms with Gasteiger partial charge in [0, 0.05) is 25.0 Å². The van der Waals surface area contributed by atoms with Crippen molar-refractivity contribution >= 4 is 11.5 Å². The highest BCUT2D eigenvalue weighted by atomic mass is 16.1. The summed E-state index contributed by atoms with van der Waals surface area (Å²) in [6.45, 7) is 1.86. The molecule has 80 valence electrons. The third-order valence-electron chi connectivity index (χ3n) is 2.36. The molecule has 0 unspecified atom stereocenters. The van der Waals surface area contributed by atoms with Gasteiger partial charge < -0.3 is 5.41 Å². The summed E-state index contributed by atoms with van der Waals surface area (Å²) in [6, 6.07) is 9.93. The minimum absolute atomic E-state index is 0.243. The normalized spacial score (nSPS) is 9.93. The molecule has 0 bridgehead atoms. The molecule has 0 spiro atoms. The highest BCUT2D eigenvalue weighted by Crippen LogP contribution is 2.04. The molecule has 1 rings (SSSR count). The number of hydrogen-bond acceptors (Lipinski definition) is 2. The van der Waals surface area contributed by atoms with Crippen LogP contribution >= 0.6 is 0 Å². The summed E-state index contributed by atoms with van der Waals surface area (Å²) < 4.78 is 0. The largest absolute Gasteiger partial charge is 0.309 e. The second kappa shape index (κ2) is 6.12. The first-order valence-corrected chi connectivity index (χ1v) is 5.34. The fraction of sp³-hybridized carbons (Fsp3) is 0.385. The Hall–Kier alpha value is -1.44. The number of hydrogen-bond donors (Lipinski definition) is 1. The molecule has 0 atom stereocenters. The third-order valence-corrected chi connectivity index (χ3v) is 2.36. The van der Waals surface area contributed by atoms with Crippen LogP contribution in [0, 0.1) is 5.41 Å². The Balaban J connectivity index is 2.34. The van der Waals surface area contributed by atoms with Crippen LogP contribution in [0.2, 0.25) is 0 Å². The lowest BCUT2D eigenvalue weighted by atomic mass is 10.0. The second-order valence-electron chi connectivity index (χ2n) is 3.66. The van der Waals surface area contributed by atoms with E-state index in [4.69, 9.17) is 5.41 Å². The molecule has 0 saturated heterocycles. The molecule has 2 heteroatoms. The molecule has 0 radical (unpaired) electrons. The zero-order valence-electron chi connectivity index (χ0n) is 9.12. The Kier molecular flexibility index (Phi) is 4.75. The number of carbonyl (C=O) groups is 1. The predicted octanol–water partition coefficient (Wildman–Crippen LogP) is 3.01. The zero-order valence-corrected chi connectivity index (χ0v) is 9.12. The molecule has 1 aromatic carbocycles. The first kappa shape index (κ1) is 11.6. The zero-order chi connectivity index (χ0) is 11.1. The molecule has 0 fully saturated rings. The van der Waals surface area contributed by atoms with Crippen LogP contribution in [0.5, 0.6) is 0 Å². The van der Waals surface area contributed by atoms with E-state index in [0.717, 1.165) is 5.56 Å². The maximum atomic E-state index is 11.1. The summed E-state index contributed by atoms with van der Waals surface area (Å²) in [5.41, 5.74) is 1.79. The van der Waals surface area contributed by atoms with Crippen molar-refractivity contribution in [1.82, 2.24) is 0 Å². The Morgan fingerprint density at radius 3 is 2.47 bits per heavy atom. The van der Waals surface area contributed by atoms with Crippen molar-refractivity contribution in [3.63, 3.8) is 0 Å². The van der Waals surface area contributed by atoms with Gasteiger partial charge in [-0.05, 0) is 12.0 Å². The van der Waals surface area contributed by atoms with Gasteiger partial charge in [-0.15, -0.1) is 0 Å². The molecule has 15 heavy (non-hydrogen) atoms. The molecule has 0 heterocycles. The molecule has 2 nitrogen and oxygen atoms in total. The Bertz CT molecular complexity index is 330. The van der Waals surface area contributed by atoms with Gasteiger partial charge in [0.25, 0.3) is 0 Å². The molecule has 0 aromatic heterocycles. The molecule has 0 saturated carbocycles. The molecule has 1 N–H and O–H groups in total. The quantitative estimate of drug-likeness (QED) is 0.709. The number of rotatable bonds is 6. The molecule has 0 amide bonds. The minimum atomic E-state index is 0.243. The standard InChI is InChI=1S/C13H17NO/c1-2-13(15)9-8-12(14)10-11-6-4-3-5-7-11/h3-7,14H,2,8-10H2,1H3. The lowest BCUT2D eigenvalue weighted by molar-refractivity contribution is -0.118. The topological polar surface area (TPSA) is 40.9 Å². The highest BCUT2D eigenvalue weighted by Gasteiger charge is 2.03. The Labute approximate surface area is 90.8 Å². The second-order valence-corrected chi connectivity index (χ2v) is 3.66. The first-order valence-electron chi connectivity index (χ1n) is 5.34. The van der Waals surface area contributed by atoms with Crippen LogP contribution in [0.3, 0.4) is 0 Å². The number of ketones is 1. The van der Waals surface area contributed by atoms with Crippen molar-refractivity contribution in [1.29, 1.82) is 5.41 Å². The Morgan fingerprint density at radius 1 is 1.20 bits per heavy atom. The molecule has 1 aromatic rings. The maximum Gasteiger partial charge on any atom is 0.133 e. The summed E-state index contributed by atoms with van der Waals surface area (Å²) in [5, 5.41) is 7.74. The fourth-order valence-electron chi connectivity index (χ4n) is 1.40. The van der Waals surface area contributed by atoms with E-state index in [1.807, 2.05) is 37.3 Å². The van der Waals surface area contributed by atoms with E-state index in [2.05, 4.69) is 0 Å². The van der Waals surface area contributed by atoms with Crippen LogP contribution in [0.1, 0.15) is 31.7 Å². The van der Waals surface area contributed by atoms with Crippen LogP contribution in [-0.2, 0) is 11.2 Å². The molecular weight excluding hydrogens is 186 g/mol. The summed E-state index contributed by atoms with van der Waals surface area (Å²) in [5.74, 6) is 0.243. The van der Waals surface area contributed by atoms with Crippen LogP contribution in [0.4, 0.5) is 0 Å². The van der Waals surface area contributed by atoms with E-state index in [0.29, 0.717) is 31.4 Å². The summed E-state index contributed by atoms with van der Waals surface area (Å²) in [4.78, 5) is 11.1. The molecule has 0 aliphatic carbocycles. The summed E-state index contributed by atoms with van der Waals surface area (Å²) >= 11 is 0. The van der Waals surface area contributed by atoms with Crippen molar-refractivity contribution in [3.8, 4) is 0 Å². The predicted molar refractivity (Wildman–Crippen MR) is 62.4 cm³/mol. The maximum absolute atomic E-state index is 11.1. The SMILES string of the molecule is CCC(=O)CCC(=N)Cc1ccccc1.